The van der Waals surface area contributed by atoms with Crippen LogP contribution in [0, 0.1) is 0 Å². The third-order valence-corrected chi connectivity index (χ3v) is 4.97. The largest absolute Gasteiger partial charge is 0.508 e. The van der Waals surface area contributed by atoms with Gasteiger partial charge in [0.1, 0.15) is 11.5 Å². The van der Waals surface area contributed by atoms with Gasteiger partial charge in [-0.1, -0.05) is 12.8 Å². The van der Waals surface area contributed by atoms with Gasteiger partial charge in [-0.3, -0.25) is 9.80 Å². The Balaban J connectivity index is 0.00000144. The zero-order chi connectivity index (χ0) is 15.4. The Kier molecular flexibility index (Phi) is 9.21. The summed E-state index contributed by atoms with van der Waals surface area (Å²) in [6, 6.07) is 3.53. The highest BCUT2D eigenvalue weighted by Crippen LogP contribution is 2.30. The number of aromatic hydroxyl groups is 2. The lowest BCUT2D eigenvalue weighted by atomic mass is 10.0. The first-order chi connectivity index (χ1) is 10.7. The summed E-state index contributed by atoms with van der Waals surface area (Å²) in [6.45, 7) is 5.85. The molecule has 1 aromatic rings. The molecule has 6 heteroatoms. The third-order valence-electron chi connectivity index (χ3n) is 4.97. The zero-order valence-electron chi connectivity index (χ0n) is 14.2. The van der Waals surface area contributed by atoms with Gasteiger partial charge < -0.3 is 10.2 Å². The van der Waals surface area contributed by atoms with Gasteiger partial charge in [0.25, 0.3) is 0 Å². The average Bonchev–Trinajstić information content (AvgIpc) is 2.54. The van der Waals surface area contributed by atoms with Gasteiger partial charge in [0, 0.05) is 24.2 Å². The van der Waals surface area contributed by atoms with E-state index in [9.17, 15) is 10.2 Å². The number of piperidine rings is 2. The Morgan fingerprint density at radius 2 is 0.958 bits per heavy atom. The quantitative estimate of drug-likeness (QED) is 0.781. The molecular weight excluding hydrogens is 347 g/mol. The van der Waals surface area contributed by atoms with E-state index in [4.69, 9.17) is 0 Å². The lowest BCUT2D eigenvalue weighted by molar-refractivity contribution is 0.215. The molecule has 0 spiro atoms. The van der Waals surface area contributed by atoms with Crippen LogP contribution in [0.1, 0.15) is 49.7 Å². The van der Waals surface area contributed by atoms with E-state index in [1.165, 1.54) is 38.5 Å². The molecule has 24 heavy (non-hydrogen) atoms. The van der Waals surface area contributed by atoms with Gasteiger partial charge in [-0.25, -0.2) is 0 Å². The molecule has 138 valence electrons. The predicted molar refractivity (Wildman–Crippen MR) is 103 cm³/mol. The normalized spacial score (nSPS) is 19.3. The van der Waals surface area contributed by atoms with E-state index in [2.05, 4.69) is 9.80 Å². The summed E-state index contributed by atoms with van der Waals surface area (Å²) < 4.78 is 0. The summed E-state index contributed by atoms with van der Waals surface area (Å²) in [5.74, 6) is 0.658. The summed E-state index contributed by atoms with van der Waals surface area (Å²) in [6.07, 6.45) is 7.56. The van der Waals surface area contributed by atoms with Gasteiger partial charge in [-0.05, 0) is 64.0 Å². The van der Waals surface area contributed by atoms with Crippen molar-refractivity contribution in [3.05, 3.63) is 23.3 Å². The van der Waals surface area contributed by atoms with Crippen LogP contribution in [-0.2, 0) is 13.1 Å². The van der Waals surface area contributed by atoms with Crippen molar-refractivity contribution < 1.29 is 10.2 Å². The fourth-order valence-corrected chi connectivity index (χ4v) is 3.63. The Bertz CT molecular complexity index is 456. The number of hydrogen-bond acceptors (Lipinski definition) is 4. The SMILES string of the molecule is Cl.Cl.Oc1cc(CN2CCCCC2)c(O)cc1CN1CCCCC1. The molecule has 1 aromatic carbocycles. The first-order valence-electron chi connectivity index (χ1n) is 8.71. The molecule has 0 aromatic heterocycles. The van der Waals surface area contributed by atoms with Crippen LogP contribution in [-0.4, -0.2) is 46.2 Å². The van der Waals surface area contributed by atoms with Crippen molar-refractivity contribution in [3.8, 4) is 11.5 Å². The molecule has 2 N–H and O–H groups in total. The fourth-order valence-electron chi connectivity index (χ4n) is 3.63. The fraction of sp³-hybridized carbons (Fsp3) is 0.667. The van der Waals surface area contributed by atoms with Gasteiger partial charge in [0.05, 0.1) is 0 Å². The first kappa shape index (κ1) is 21.4. The third kappa shape index (κ3) is 5.69. The van der Waals surface area contributed by atoms with Crippen LogP contribution < -0.4 is 0 Å². The van der Waals surface area contributed by atoms with Crippen molar-refractivity contribution >= 4 is 24.8 Å². The number of hydrogen-bond donors (Lipinski definition) is 2. The topological polar surface area (TPSA) is 46.9 Å². The summed E-state index contributed by atoms with van der Waals surface area (Å²) in [7, 11) is 0. The second-order valence-electron chi connectivity index (χ2n) is 6.78. The highest BCUT2D eigenvalue weighted by molar-refractivity contribution is 5.85. The highest BCUT2D eigenvalue weighted by atomic mass is 35.5. The zero-order valence-corrected chi connectivity index (χ0v) is 15.9. The molecule has 0 bridgehead atoms. The molecule has 2 saturated heterocycles. The Hall–Kier alpha value is -0.680. The second kappa shape index (κ2) is 10.3. The predicted octanol–water partition coefficient (Wildman–Crippen LogP) is 3.91. The molecule has 0 unspecified atom stereocenters. The lowest BCUT2D eigenvalue weighted by Crippen LogP contribution is -2.29. The van der Waals surface area contributed by atoms with Gasteiger partial charge in [-0.15, -0.1) is 24.8 Å². The Morgan fingerprint density at radius 3 is 1.29 bits per heavy atom. The number of phenolic OH excluding ortho intramolecular Hbond substituents is 2. The first-order valence-corrected chi connectivity index (χ1v) is 8.71. The maximum Gasteiger partial charge on any atom is 0.120 e. The highest BCUT2D eigenvalue weighted by Gasteiger charge is 2.17. The number of phenols is 2. The molecule has 0 saturated carbocycles. The molecule has 2 heterocycles. The van der Waals surface area contributed by atoms with Crippen molar-refractivity contribution in [1.82, 2.24) is 9.80 Å². The van der Waals surface area contributed by atoms with Gasteiger partial charge in [-0.2, -0.15) is 0 Å². The van der Waals surface area contributed by atoms with Crippen LogP contribution in [0.25, 0.3) is 0 Å². The van der Waals surface area contributed by atoms with Crippen LogP contribution in [0.2, 0.25) is 0 Å². The Labute approximate surface area is 157 Å². The minimum Gasteiger partial charge on any atom is -0.508 e. The van der Waals surface area contributed by atoms with Crippen molar-refractivity contribution in [2.75, 3.05) is 26.2 Å². The molecule has 2 aliphatic heterocycles. The van der Waals surface area contributed by atoms with Crippen LogP contribution in [0.15, 0.2) is 12.1 Å². The maximum atomic E-state index is 10.3. The van der Waals surface area contributed by atoms with Crippen LogP contribution >= 0.6 is 24.8 Å². The summed E-state index contributed by atoms with van der Waals surface area (Å²) in [5.41, 5.74) is 1.70. The summed E-state index contributed by atoms with van der Waals surface area (Å²) in [4.78, 5) is 4.73. The van der Waals surface area contributed by atoms with E-state index >= 15 is 0 Å². The van der Waals surface area contributed by atoms with E-state index in [0.29, 0.717) is 11.5 Å². The molecule has 2 aliphatic rings. The Morgan fingerprint density at radius 1 is 0.625 bits per heavy atom. The molecular formula is C18H30Cl2N2O2. The number of nitrogens with zero attached hydrogens (tertiary/aromatic N) is 2. The van der Waals surface area contributed by atoms with E-state index in [0.717, 1.165) is 50.4 Å². The summed E-state index contributed by atoms with van der Waals surface area (Å²) >= 11 is 0. The van der Waals surface area contributed by atoms with Crippen molar-refractivity contribution in [2.45, 2.75) is 51.6 Å². The number of benzene rings is 1. The monoisotopic (exact) mass is 376 g/mol. The van der Waals surface area contributed by atoms with E-state index in [1.54, 1.807) is 12.1 Å². The molecule has 2 fully saturated rings. The second-order valence-corrected chi connectivity index (χ2v) is 6.78. The van der Waals surface area contributed by atoms with Crippen molar-refractivity contribution in [2.24, 2.45) is 0 Å². The number of likely N-dealkylation sites (tertiary alicyclic amines) is 2. The van der Waals surface area contributed by atoms with Crippen molar-refractivity contribution in [3.63, 3.8) is 0 Å². The minimum atomic E-state index is 0. The molecule has 3 rings (SSSR count). The van der Waals surface area contributed by atoms with Crippen LogP contribution in [0.4, 0.5) is 0 Å². The molecule has 0 amide bonds. The maximum absolute atomic E-state index is 10.3. The van der Waals surface area contributed by atoms with Crippen LogP contribution in [0.3, 0.4) is 0 Å². The lowest BCUT2D eigenvalue weighted by Gasteiger charge is -2.28. The average molecular weight is 377 g/mol. The van der Waals surface area contributed by atoms with E-state index in [1.807, 2.05) is 0 Å². The van der Waals surface area contributed by atoms with Crippen molar-refractivity contribution in [1.29, 1.82) is 0 Å². The van der Waals surface area contributed by atoms with E-state index < -0.39 is 0 Å². The van der Waals surface area contributed by atoms with Crippen LogP contribution in [0.5, 0.6) is 11.5 Å². The molecule has 0 radical (unpaired) electrons. The molecule has 0 aliphatic carbocycles. The number of rotatable bonds is 4. The number of halogens is 2. The minimum absolute atomic E-state index is 0. The smallest absolute Gasteiger partial charge is 0.120 e. The van der Waals surface area contributed by atoms with Gasteiger partial charge in [0.15, 0.2) is 0 Å². The van der Waals surface area contributed by atoms with Gasteiger partial charge >= 0.3 is 0 Å². The molecule has 0 atom stereocenters. The molecule has 4 nitrogen and oxygen atoms in total. The van der Waals surface area contributed by atoms with E-state index in [-0.39, 0.29) is 24.8 Å². The van der Waals surface area contributed by atoms with Gasteiger partial charge in [0.2, 0.25) is 0 Å². The summed E-state index contributed by atoms with van der Waals surface area (Å²) in [5, 5.41) is 20.6. The standard InChI is InChI=1S/C18H28N2O2.2ClH/c21-17-12-16(14-20-9-5-2-6-10-20)18(22)11-15(17)13-19-7-3-1-4-8-19;;/h11-12,21-22H,1-10,13-14H2;2*1H.